The highest BCUT2D eigenvalue weighted by Crippen LogP contribution is 2.03. The molecule has 86 valence electrons. The Morgan fingerprint density at radius 3 is 2.60 bits per heavy atom. The van der Waals surface area contributed by atoms with Crippen LogP contribution in [-0.2, 0) is 4.79 Å². The van der Waals surface area contributed by atoms with Crippen LogP contribution in [0.3, 0.4) is 0 Å². The molecule has 0 bridgehead atoms. The molecule has 15 heavy (non-hydrogen) atoms. The molecule has 0 saturated heterocycles. The van der Waals surface area contributed by atoms with E-state index in [2.05, 4.69) is 4.99 Å². The molecule has 0 radical (unpaired) electrons. The molecular formula is C10H19N3O2. The molecule has 0 spiro atoms. The average Bonchev–Trinajstić information content (AvgIpc) is 2.13. The fraction of sp³-hybridized carbons (Fsp3) is 0.600. The zero-order valence-electron chi connectivity index (χ0n) is 9.23. The van der Waals surface area contributed by atoms with Crippen molar-refractivity contribution in [2.45, 2.75) is 32.7 Å². The van der Waals surface area contributed by atoms with Crippen LogP contribution in [0.1, 0.15) is 26.7 Å². The first-order valence-electron chi connectivity index (χ1n) is 4.84. The highest BCUT2D eigenvalue weighted by molar-refractivity contribution is 5.77. The van der Waals surface area contributed by atoms with E-state index >= 15 is 0 Å². The quantitative estimate of drug-likeness (QED) is 0.339. The van der Waals surface area contributed by atoms with Gasteiger partial charge in [0.05, 0.1) is 5.84 Å². The lowest BCUT2D eigenvalue weighted by Gasteiger charge is -2.03. The third kappa shape index (κ3) is 7.69. The maximum Gasteiger partial charge on any atom is 0.320 e. The summed E-state index contributed by atoms with van der Waals surface area (Å²) in [6, 6.07) is -0.820. The average molecular weight is 213 g/mol. The Balaban J connectivity index is 3.89. The summed E-state index contributed by atoms with van der Waals surface area (Å²) in [6.45, 7) is 4.29. The van der Waals surface area contributed by atoms with Gasteiger partial charge in [0.15, 0.2) is 0 Å². The number of nitrogens with two attached hydrogens (primary N) is 2. The van der Waals surface area contributed by atoms with Crippen molar-refractivity contribution in [2.75, 3.05) is 6.54 Å². The topological polar surface area (TPSA) is 102 Å². The number of rotatable bonds is 6. The van der Waals surface area contributed by atoms with E-state index in [4.69, 9.17) is 16.6 Å². The number of amidine groups is 1. The maximum absolute atomic E-state index is 10.4. The summed E-state index contributed by atoms with van der Waals surface area (Å²) >= 11 is 0. The molecule has 0 aromatic heterocycles. The van der Waals surface area contributed by atoms with Gasteiger partial charge in [0.25, 0.3) is 0 Å². The molecule has 5 N–H and O–H groups in total. The summed E-state index contributed by atoms with van der Waals surface area (Å²) in [5, 5.41) is 8.55. The first-order valence-corrected chi connectivity index (χ1v) is 4.84. The molecule has 0 heterocycles. The smallest absolute Gasteiger partial charge is 0.320 e. The highest BCUT2D eigenvalue weighted by Gasteiger charge is 2.08. The van der Waals surface area contributed by atoms with Crippen molar-refractivity contribution in [1.29, 1.82) is 0 Å². The summed E-state index contributed by atoms with van der Waals surface area (Å²) in [5.41, 5.74) is 11.8. The Morgan fingerprint density at radius 1 is 1.53 bits per heavy atom. The van der Waals surface area contributed by atoms with Crippen LogP contribution in [0.2, 0.25) is 0 Å². The van der Waals surface area contributed by atoms with Crippen LogP contribution in [-0.4, -0.2) is 29.5 Å². The lowest BCUT2D eigenvalue weighted by Crippen LogP contribution is -2.29. The van der Waals surface area contributed by atoms with Gasteiger partial charge in [0.1, 0.15) is 6.04 Å². The first kappa shape index (κ1) is 13.6. The van der Waals surface area contributed by atoms with Gasteiger partial charge >= 0.3 is 5.97 Å². The summed E-state index contributed by atoms with van der Waals surface area (Å²) in [5.74, 6) is -0.417. The summed E-state index contributed by atoms with van der Waals surface area (Å²) in [7, 11) is 0. The zero-order valence-corrected chi connectivity index (χ0v) is 9.23. The second-order valence-corrected chi connectivity index (χ2v) is 3.50. The molecule has 0 aliphatic rings. The van der Waals surface area contributed by atoms with E-state index in [-0.39, 0.29) is 0 Å². The lowest BCUT2D eigenvalue weighted by atomic mass is 10.1. The molecule has 0 aliphatic carbocycles. The minimum Gasteiger partial charge on any atom is -0.480 e. The largest absolute Gasteiger partial charge is 0.480 e. The van der Waals surface area contributed by atoms with E-state index in [9.17, 15) is 4.79 Å². The molecule has 0 fully saturated rings. The Labute approximate surface area is 89.9 Å². The van der Waals surface area contributed by atoms with Crippen molar-refractivity contribution >= 4 is 11.8 Å². The predicted molar refractivity (Wildman–Crippen MR) is 60.8 cm³/mol. The van der Waals surface area contributed by atoms with Crippen molar-refractivity contribution < 1.29 is 9.90 Å². The van der Waals surface area contributed by atoms with Gasteiger partial charge in [-0.25, -0.2) is 0 Å². The second-order valence-electron chi connectivity index (χ2n) is 3.50. The molecule has 5 nitrogen and oxygen atoms in total. The van der Waals surface area contributed by atoms with Crippen molar-refractivity contribution in [2.24, 2.45) is 16.5 Å². The van der Waals surface area contributed by atoms with Gasteiger partial charge in [-0.1, -0.05) is 11.6 Å². The number of carboxylic acids is 1. The number of aliphatic imine (C=N–C) groups is 1. The van der Waals surface area contributed by atoms with E-state index < -0.39 is 12.0 Å². The molecule has 0 aliphatic heterocycles. The first-order chi connectivity index (χ1) is 6.93. The Bertz CT molecular complexity index is 268. The van der Waals surface area contributed by atoms with E-state index in [1.807, 2.05) is 13.0 Å². The van der Waals surface area contributed by atoms with Crippen LogP contribution < -0.4 is 11.5 Å². The van der Waals surface area contributed by atoms with Gasteiger partial charge in [-0.3, -0.25) is 9.79 Å². The fourth-order valence-corrected chi connectivity index (χ4v) is 0.940. The van der Waals surface area contributed by atoms with Gasteiger partial charge < -0.3 is 16.6 Å². The lowest BCUT2D eigenvalue weighted by molar-refractivity contribution is -0.138. The zero-order chi connectivity index (χ0) is 11.8. The summed E-state index contributed by atoms with van der Waals surface area (Å²) in [4.78, 5) is 14.5. The van der Waals surface area contributed by atoms with Crippen molar-refractivity contribution in [3.8, 4) is 0 Å². The molecule has 0 aromatic carbocycles. The van der Waals surface area contributed by atoms with Crippen LogP contribution in [0.15, 0.2) is 16.6 Å². The monoisotopic (exact) mass is 213 g/mol. The van der Waals surface area contributed by atoms with Crippen LogP contribution in [0, 0.1) is 0 Å². The molecule has 0 rings (SSSR count). The van der Waals surface area contributed by atoms with Crippen molar-refractivity contribution in [3.63, 3.8) is 0 Å². The SMILES string of the molecule is CC(N)=NCC/C(C)=C/CC(N)C(=O)O. The van der Waals surface area contributed by atoms with Crippen LogP contribution in [0.5, 0.6) is 0 Å². The van der Waals surface area contributed by atoms with E-state index in [1.165, 1.54) is 0 Å². The molecular weight excluding hydrogens is 194 g/mol. The fourth-order valence-electron chi connectivity index (χ4n) is 0.940. The number of hydrogen-bond donors (Lipinski definition) is 3. The molecule has 0 saturated carbocycles. The maximum atomic E-state index is 10.4. The van der Waals surface area contributed by atoms with Gasteiger partial charge in [0, 0.05) is 6.54 Å². The number of carboxylic acid groups (broad SMARTS) is 1. The van der Waals surface area contributed by atoms with E-state index in [0.29, 0.717) is 18.8 Å². The molecule has 0 amide bonds. The Morgan fingerprint density at radius 2 is 2.13 bits per heavy atom. The predicted octanol–water partition coefficient (Wildman–Crippen LogP) is 0.502. The third-order valence-electron chi connectivity index (χ3n) is 1.90. The Kier molecular flexibility index (Phi) is 6.37. The minimum atomic E-state index is -0.977. The minimum absolute atomic E-state index is 0.354. The van der Waals surface area contributed by atoms with Gasteiger partial charge in [-0.15, -0.1) is 0 Å². The number of nitrogens with zero attached hydrogens (tertiary/aromatic N) is 1. The van der Waals surface area contributed by atoms with Gasteiger partial charge in [-0.05, 0) is 26.7 Å². The molecule has 5 heteroatoms. The summed E-state index contributed by atoms with van der Waals surface area (Å²) < 4.78 is 0. The molecule has 1 atom stereocenters. The molecule has 0 aromatic rings. The van der Waals surface area contributed by atoms with Gasteiger partial charge in [-0.2, -0.15) is 0 Å². The number of aliphatic carboxylic acids is 1. The normalized spacial score (nSPS) is 15.1. The third-order valence-corrected chi connectivity index (χ3v) is 1.90. The van der Waals surface area contributed by atoms with Crippen molar-refractivity contribution in [3.05, 3.63) is 11.6 Å². The molecule has 1 unspecified atom stereocenters. The van der Waals surface area contributed by atoms with E-state index in [1.54, 1.807) is 6.92 Å². The van der Waals surface area contributed by atoms with E-state index in [0.717, 1.165) is 12.0 Å². The van der Waals surface area contributed by atoms with Crippen molar-refractivity contribution in [1.82, 2.24) is 0 Å². The summed E-state index contributed by atoms with van der Waals surface area (Å²) in [6.07, 6.45) is 2.97. The number of hydrogen-bond acceptors (Lipinski definition) is 3. The number of carbonyl (C=O) groups is 1. The highest BCUT2D eigenvalue weighted by atomic mass is 16.4. The van der Waals surface area contributed by atoms with Crippen LogP contribution in [0.25, 0.3) is 0 Å². The van der Waals surface area contributed by atoms with Crippen LogP contribution >= 0.6 is 0 Å². The van der Waals surface area contributed by atoms with Crippen LogP contribution in [0.4, 0.5) is 0 Å². The second kappa shape index (κ2) is 7.00. The van der Waals surface area contributed by atoms with Gasteiger partial charge in [0.2, 0.25) is 0 Å². The Hall–Kier alpha value is -1.36. The standard InChI is InChI=1S/C10H19N3O2/c1-7(5-6-13-8(2)11)3-4-9(12)10(14)15/h3,9H,4-6,12H2,1-2H3,(H2,11,13)(H,14,15)/b7-3+.